The normalized spacial score (nSPS) is 17.6. The first-order valence-electron chi connectivity index (χ1n) is 6.52. The van der Waals surface area contributed by atoms with Gasteiger partial charge >= 0.3 is 12.1 Å². The Hall–Kier alpha value is -1.56. The van der Waals surface area contributed by atoms with Gasteiger partial charge in [0.05, 0.1) is 11.5 Å². The molecular formula is C14H16F3NO2. The minimum Gasteiger partial charge on any atom is -0.481 e. The molecule has 1 fully saturated rings. The molecule has 1 atom stereocenters. The molecule has 1 aromatic carbocycles. The Balaban J connectivity index is 2.22. The van der Waals surface area contributed by atoms with E-state index in [1.54, 1.807) is 0 Å². The van der Waals surface area contributed by atoms with E-state index >= 15 is 0 Å². The molecule has 0 amide bonds. The second-order valence-electron chi connectivity index (χ2n) is 5.01. The number of nitrogens with one attached hydrogen (secondary N) is 1. The zero-order valence-corrected chi connectivity index (χ0v) is 10.8. The average Bonchev–Trinajstić information content (AvgIpc) is 2.31. The van der Waals surface area contributed by atoms with Crippen LogP contribution < -0.4 is 5.32 Å². The number of carboxylic acid groups (broad SMARTS) is 1. The van der Waals surface area contributed by atoms with Gasteiger partial charge in [0.25, 0.3) is 0 Å². The maximum Gasteiger partial charge on any atom is 0.416 e. The van der Waals surface area contributed by atoms with Crippen LogP contribution in [0.1, 0.15) is 36.3 Å². The average molecular weight is 287 g/mol. The molecule has 1 aliphatic rings. The Kier molecular flexibility index (Phi) is 4.32. The van der Waals surface area contributed by atoms with E-state index in [9.17, 15) is 23.1 Å². The third-order valence-corrected chi connectivity index (χ3v) is 3.66. The predicted octanol–water partition coefficient (Wildman–Crippen LogP) is 3.02. The van der Waals surface area contributed by atoms with Crippen molar-refractivity contribution in [3.8, 4) is 0 Å². The first-order chi connectivity index (χ1) is 9.39. The summed E-state index contributed by atoms with van der Waals surface area (Å²) in [4.78, 5) is 11.3. The molecule has 0 bridgehead atoms. The van der Waals surface area contributed by atoms with Crippen LogP contribution in [0.25, 0.3) is 0 Å². The van der Waals surface area contributed by atoms with Gasteiger partial charge in [-0.25, -0.2) is 0 Å². The van der Waals surface area contributed by atoms with E-state index < -0.39 is 23.6 Å². The fraction of sp³-hybridized carbons (Fsp3) is 0.500. The van der Waals surface area contributed by atoms with Gasteiger partial charge in [-0.05, 0) is 24.5 Å². The molecule has 20 heavy (non-hydrogen) atoms. The molecule has 0 spiro atoms. The number of aliphatic carboxylic acids is 1. The summed E-state index contributed by atoms with van der Waals surface area (Å²) in [5, 5.41) is 12.2. The molecular weight excluding hydrogens is 271 g/mol. The van der Waals surface area contributed by atoms with Crippen LogP contribution in [0.5, 0.6) is 0 Å². The van der Waals surface area contributed by atoms with Crippen LogP contribution in [0, 0.1) is 0 Å². The van der Waals surface area contributed by atoms with Crippen molar-refractivity contribution < 1.29 is 23.1 Å². The Labute approximate surface area is 114 Å². The molecule has 6 heteroatoms. The number of alkyl halides is 3. The molecule has 3 nitrogen and oxygen atoms in total. The van der Waals surface area contributed by atoms with Crippen molar-refractivity contribution in [2.45, 2.75) is 37.4 Å². The zero-order valence-electron chi connectivity index (χ0n) is 10.8. The first-order valence-corrected chi connectivity index (χ1v) is 6.52. The summed E-state index contributed by atoms with van der Waals surface area (Å²) in [5.74, 6) is -2.43. The number of rotatable bonds is 5. The lowest BCUT2D eigenvalue weighted by molar-refractivity contribution is -0.141. The maximum absolute atomic E-state index is 12.9. The number of halogens is 3. The Morgan fingerprint density at radius 2 is 2.00 bits per heavy atom. The summed E-state index contributed by atoms with van der Waals surface area (Å²) in [6.07, 6.45) is -1.56. The summed E-state index contributed by atoms with van der Waals surface area (Å²) >= 11 is 0. The second-order valence-corrected chi connectivity index (χ2v) is 5.01. The van der Waals surface area contributed by atoms with E-state index in [-0.39, 0.29) is 18.2 Å². The van der Waals surface area contributed by atoms with Gasteiger partial charge in [-0.15, -0.1) is 0 Å². The molecule has 0 aliphatic heterocycles. The topological polar surface area (TPSA) is 49.3 Å². The summed E-state index contributed by atoms with van der Waals surface area (Å²) in [5.41, 5.74) is -1.05. The molecule has 2 N–H and O–H groups in total. The van der Waals surface area contributed by atoms with E-state index in [0.717, 1.165) is 25.3 Å². The number of carboxylic acids is 1. The van der Waals surface area contributed by atoms with Crippen LogP contribution in [0.4, 0.5) is 13.2 Å². The van der Waals surface area contributed by atoms with Crippen LogP contribution in [0.15, 0.2) is 24.3 Å². The van der Waals surface area contributed by atoms with Crippen LogP contribution >= 0.6 is 0 Å². The van der Waals surface area contributed by atoms with Crippen molar-refractivity contribution in [3.63, 3.8) is 0 Å². The van der Waals surface area contributed by atoms with Gasteiger partial charge in [-0.3, -0.25) is 4.79 Å². The van der Waals surface area contributed by atoms with Crippen molar-refractivity contribution in [2.24, 2.45) is 0 Å². The van der Waals surface area contributed by atoms with Gasteiger partial charge in [-0.2, -0.15) is 13.2 Å². The van der Waals surface area contributed by atoms with Gasteiger partial charge in [0.1, 0.15) is 0 Å². The van der Waals surface area contributed by atoms with E-state index in [0.29, 0.717) is 0 Å². The number of hydrogen-bond donors (Lipinski definition) is 2. The number of hydrogen-bond acceptors (Lipinski definition) is 2. The van der Waals surface area contributed by atoms with Gasteiger partial charge in [0.2, 0.25) is 0 Å². The Morgan fingerprint density at radius 1 is 1.35 bits per heavy atom. The third-order valence-electron chi connectivity index (χ3n) is 3.66. The molecule has 0 aromatic heterocycles. The summed E-state index contributed by atoms with van der Waals surface area (Å²) in [6.45, 7) is 0.0209. The van der Waals surface area contributed by atoms with Crippen LogP contribution in [0.2, 0.25) is 0 Å². The van der Waals surface area contributed by atoms with Gasteiger partial charge in [-0.1, -0.05) is 24.6 Å². The lowest BCUT2D eigenvalue weighted by Crippen LogP contribution is -2.39. The van der Waals surface area contributed by atoms with Crippen molar-refractivity contribution in [3.05, 3.63) is 35.4 Å². The minimum atomic E-state index is -4.54. The first kappa shape index (κ1) is 14.8. The quantitative estimate of drug-likeness (QED) is 0.875. The fourth-order valence-corrected chi connectivity index (χ4v) is 2.29. The number of benzene rings is 1. The molecule has 110 valence electrons. The SMILES string of the molecule is O=C(O)C(CNC1CCC1)c1ccccc1C(F)(F)F. The monoisotopic (exact) mass is 287 g/mol. The highest BCUT2D eigenvalue weighted by atomic mass is 19.4. The molecule has 1 aromatic rings. The minimum absolute atomic E-state index is 0.0209. The third kappa shape index (κ3) is 3.30. The predicted molar refractivity (Wildman–Crippen MR) is 67.5 cm³/mol. The maximum atomic E-state index is 12.9. The smallest absolute Gasteiger partial charge is 0.416 e. The Morgan fingerprint density at radius 3 is 2.50 bits per heavy atom. The van der Waals surface area contributed by atoms with E-state index in [2.05, 4.69) is 5.32 Å². The summed E-state index contributed by atoms with van der Waals surface area (Å²) < 4.78 is 38.8. The lowest BCUT2D eigenvalue weighted by atomic mass is 9.90. The van der Waals surface area contributed by atoms with Crippen molar-refractivity contribution >= 4 is 5.97 Å². The summed E-state index contributed by atoms with van der Waals surface area (Å²) in [6, 6.07) is 5.10. The highest BCUT2D eigenvalue weighted by Crippen LogP contribution is 2.35. The molecule has 0 radical (unpaired) electrons. The van der Waals surface area contributed by atoms with Crippen LogP contribution in [-0.2, 0) is 11.0 Å². The number of carbonyl (C=O) groups is 1. The molecule has 0 saturated heterocycles. The molecule has 1 unspecified atom stereocenters. The largest absolute Gasteiger partial charge is 0.481 e. The standard InChI is InChI=1S/C14H16F3NO2/c15-14(16,17)12-7-2-1-6-10(12)11(13(19)20)8-18-9-4-3-5-9/h1-2,6-7,9,11,18H,3-5,8H2,(H,19,20). The van der Waals surface area contributed by atoms with Crippen LogP contribution in [0.3, 0.4) is 0 Å². The second kappa shape index (κ2) is 5.83. The fourth-order valence-electron chi connectivity index (χ4n) is 2.29. The van der Waals surface area contributed by atoms with Gasteiger partial charge in [0.15, 0.2) is 0 Å². The molecule has 2 rings (SSSR count). The molecule has 1 aliphatic carbocycles. The van der Waals surface area contributed by atoms with E-state index in [1.807, 2.05) is 0 Å². The Bertz CT molecular complexity index is 484. The molecule has 1 saturated carbocycles. The lowest BCUT2D eigenvalue weighted by Gasteiger charge is -2.28. The van der Waals surface area contributed by atoms with Crippen molar-refractivity contribution in [1.82, 2.24) is 5.32 Å². The van der Waals surface area contributed by atoms with Gasteiger partial charge in [0, 0.05) is 12.6 Å². The van der Waals surface area contributed by atoms with Crippen molar-refractivity contribution in [1.29, 1.82) is 0 Å². The van der Waals surface area contributed by atoms with Crippen molar-refractivity contribution in [2.75, 3.05) is 6.54 Å². The highest BCUT2D eigenvalue weighted by molar-refractivity contribution is 5.77. The molecule has 0 heterocycles. The zero-order chi connectivity index (χ0) is 14.8. The van der Waals surface area contributed by atoms with Crippen LogP contribution in [-0.4, -0.2) is 23.7 Å². The highest BCUT2D eigenvalue weighted by Gasteiger charge is 2.36. The van der Waals surface area contributed by atoms with E-state index in [4.69, 9.17) is 0 Å². The van der Waals surface area contributed by atoms with E-state index in [1.165, 1.54) is 18.2 Å². The summed E-state index contributed by atoms with van der Waals surface area (Å²) in [7, 11) is 0. The van der Waals surface area contributed by atoms with Gasteiger partial charge < -0.3 is 10.4 Å².